The third-order valence-electron chi connectivity index (χ3n) is 9.70. The van der Waals surface area contributed by atoms with Crippen LogP contribution in [-0.2, 0) is 0 Å². The SMILES string of the molecule is C(=C\[C@H]1CCCN1)/c1cccc2ccccc12.C(=C\[C@H]1CCCN1c1ncnc2nc[nH]c12)/c1cccc2ccccc12.Clc1ncnc2nc[nH]c12. The first-order valence-corrected chi connectivity index (χ1v) is 18.3. The molecule has 4 aromatic heterocycles. The maximum absolute atomic E-state index is 5.68. The van der Waals surface area contributed by atoms with Crippen LogP contribution in [0.2, 0.25) is 5.15 Å². The van der Waals surface area contributed by atoms with Crippen molar-refractivity contribution < 1.29 is 0 Å². The lowest BCUT2D eigenvalue weighted by atomic mass is 10.0. The number of aromatic amines is 2. The van der Waals surface area contributed by atoms with Crippen molar-refractivity contribution in [3.8, 4) is 0 Å². The van der Waals surface area contributed by atoms with Crippen LogP contribution in [0.1, 0.15) is 36.8 Å². The summed E-state index contributed by atoms with van der Waals surface area (Å²) in [5.41, 5.74) is 5.49. The van der Waals surface area contributed by atoms with Crippen LogP contribution in [0.15, 0.2) is 122 Å². The summed E-state index contributed by atoms with van der Waals surface area (Å²) in [4.78, 5) is 32.9. The Morgan fingerprint density at radius 1 is 0.623 bits per heavy atom. The Balaban J connectivity index is 0.000000126. The zero-order chi connectivity index (χ0) is 35.8. The molecule has 2 aliphatic heterocycles. The molecule has 4 aromatic carbocycles. The molecule has 0 aliphatic carbocycles. The first kappa shape index (κ1) is 34.1. The smallest absolute Gasteiger partial charge is 0.182 e. The van der Waals surface area contributed by atoms with Gasteiger partial charge in [0, 0.05) is 18.6 Å². The summed E-state index contributed by atoms with van der Waals surface area (Å²) in [5, 5.41) is 9.10. The standard InChI is InChI=1S/C21H19N5.C16H17N.C5H3ClN4/c1-2-9-18-15(5-1)6-3-7-16(18)10-11-17-8-4-12-26(17)21-19-20(23-13-22-19)24-14-25-21;1-2-9-16-13(5-1)6-3-7-14(16)10-11-15-8-4-12-17-15;6-4-3-5(9-1-7-3)10-2-8-4/h1-3,5-7,9-11,13-14,17H,4,8,12H2,(H,22,23,24,25);1-3,5-7,9-11,15,17H,4,8,12H2;1-2H,(H,7,8,9,10)/b2*11-10+;/t17-;15-;/m11./s1. The van der Waals surface area contributed by atoms with E-state index in [1.54, 1.807) is 12.7 Å². The molecule has 264 valence electrons. The van der Waals surface area contributed by atoms with Crippen molar-refractivity contribution in [1.29, 1.82) is 0 Å². The minimum atomic E-state index is 0.329. The number of aromatic nitrogens is 8. The molecule has 2 aliphatic rings. The van der Waals surface area contributed by atoms with E-state index in [1.807, 2.05) is 0 Å². The Kier molecular flexibility index (Phi) is 10.4. The fourth-order valence-corrected chi connectivity index (χ4v) is 7.25. The highest BCUT2D eigenvalue weighted by Gasteiger charge is 2.26. The maximum Gasteiger partial charge on any atom is 0.182 e. The van der Waals surface area contributed by atoms with Crippen molar-refractivity contribution in [2.75, 3.05) is 18.0 Å². The third-order valence-corrected chi connectivity index (χ3v) is 9.99. The van der Waals surface area contributed by atoms with Gasteiger partial charge in [-0.3, -0.25) is 0 Å². The number of benzene rings is 4. The van der Waals surface area contributed by atoms with Gasteiger partial charge in [-0.2, -0.15) is 0 Å². The molecular formula is C42H39ClN10. The first-order valence-electron chi connectivity index (χ1n) is 18.0. The van der Waals surface area contributed by atoms with Gasteiger partial charge in [0.2, 0.25) is 0 Å². The predicted octanol–water partition coefficient (Wildman–Crippen LogP) is 8.80. The second-order valence-corrected chi connectivity index (χ2v) is 13.4. The number of nitrogens with one attached hydrogen (secondary N) is 3. The summed E-state index contributed by atoms with van der Waals surface area (Å²) in [5.74, 6) is 0.942. The van der Waals surface area contributed by atoms with Gasteiger partial charge < -0.3 is 20.2 Å². The quantitative estimate of drug-likeness (QED) is 0.151. The summed E-state index contributed by atoms with van der Waals surface area (Å²) < 4.78 is 0. The van der Waals surface area contributed by atoms with E-state index in [9.17, 15) is 0 Å². The zero-order valence-corrected chi connectivity index (χ0v) is 29.9. The molecule has 0 radical (unpaired) electrons. The average molecular weight is 719 g/mol. The Morgan fingerprint density at radius 2 is 1.25 bits per heavy atom. The first-order chi connectivity index (χ1) is 26.2. The fourth-order valence-electron chi connectivity index (χ4n) is 7.06. The van der Waals surface area contributed by atoms with Crippen molar-refractivity contribution in [2.24, 2.45) is 0 Å². The molecule has 3 N–H and O–H groups in total. The highest BCUT2D eigenvalue weighted by atomic mass is 35.5. The van der Waals surface area contributed by atoms with E-state index in [2.05, 4.69) is 159 Å². The Morgan fingerprint density at radius 3 is 1.92 bits per heavy atom. The van der Waals surface area contributed by atoms with Crippen LogP contribution in [0.3, 0.4) is 0 Å². The summed E-state index contributed by atoms with van der Waals surface area (Å²) in [7, 11) is 0. The minimum Gasteiger partial charge on any atom is -0.348 e. The van der Waals surface area contributed by atoms with E-state index in [-0.39, 0.29) is 0 Å². The third kappa shape index (κ3) is 7.79. The maximum atomic E-state index is 5.68. The van der Waals surface area contributed by atoms with E-state index in [4.69, 9.17) is 11.6 Å². The van der Waals surface area contributed by atoms with E-state index in [0.29, 0.717) is 28.4 Å². The van der Waals surface area contributed by atoms with Gasteiger partial charge in [0.25, 0.3) is 0 Å². The van der Waals surface area contributed by atoms with E-state index >= 15 is 0 Å². The number of anilines is 1. The van der Waals surface area contributed by atoms with Gasteiger partial charge >= 0.3 is 0 Å². The Labute approximate surface area is 312 Å². The van der Waals surface area contributed by atoms with Gasteiger partial charge in [0.1, 0.15) is 23.7 Å². The number of hydrogen-bond acceptors (Lipinski definition) is 8. The number of nitrogens with zero attached hydrogens (tertiary/aromatic N) is 7. The number of hydrogen-bond donors (Lipinski definition) is 3. The highest BCUT2D eigenvalue weighted by Crippen LogP contribution is 2.30. The normalized spacial score (nSPS) is 17.2. The highest BCUT2D eigenvalue weighted by molar-refractivity contribution is 6.33. The Bertz CT molecular complexity index is 2500. The van der Waals surface area contributed by atoms with Gasteiger partial charge in [0.15, 0.2) is 22.3 Å². The van der Waals surface area contributed by atoms with Crippen molar-refractivity contribution in [2.45, 2.75) is 37.8 Å². The van der Waals surface area contributed by atoms with Crippen LogP contribution in [0.4, 0.5) is 5.82 Å². The number of H-pyrrole nitrogens is 2. The van der Waals surface area contributed by atoms with Crippen LogP contribution in [0.25, 0.3) is 56.0 Å². The molecule has 0 spiro atoms. The second-order valence-electron chi connectivity index (χ2n) is 13.0. The molecule has 10 nitrogen and oxygen atoms in total. The molecule has 0 amide bonds. The molecule has 6 heterocycles. The summed E-state index contributed by atoms with van der Waals surface area (Å²) in [6, 6.07) is 30.9. The molecule has 2 fully saturated rings. The lowest BCUT2D eigenvalue weighted by Gasteiger charge is -2.23. The van der Waals surface area contributed by atoms with Gasteiger partial charge in [0.05, 0.1) is 12.7 Å². The molecule has 10 rings (SSSR count). The lowest BCUT2D eigenvalue weighted by Crippen LogP contribution is -2.28. The second kappa shape index (κ2) is 16.1. The topological polar surface area (TPSA) is 124 Å². The van der Waals surface area contributed by atoms with E-state index in [1.165, 1.54) is 58.2 Å². The van der Waals surface area contributed by atoms with Gasteiger partial charge in [-0.15, -0.1) is 0 Å². The minimum absolute atomic E-state index is 0.329. The Hall–Kier alpha value is -5.97. The van der Waals surface area contributed by atoms with Crippen LogP contribution in [-0.4, -0.2) is 65.0 Å². The molecule has 11 heteroatoms. The molecule has 0 saturated carbocycles. The number of fused-ring (bicyclic) bond motifs is 4. The molecule has 0 bridgehead atoms. The van der Waals surface area contributed by atoms with Crippen molar-refractivity contribution in [1.82, 2.24) is 45.2 Å². The molecule has 0 unspecified atom stereocenters. The molecule has 2 saturated heterocycles. The van der Waals surface area contributed by atoms with Crippen molar-refractivity contribution in [3.63, 3.8) is 0 Å². The van der Waals surface area contributed by atoms with Crippen LogP contribution in [0, 0.1) is 0 Å². The van der Waals surface area contributed by atoms with Gasteiger partial charge in [-0.1, -0.05) is 121 Å². The van der Waals surface area contributed by atoms with Crippen molar-refractivity contribution >= 4 is 73.4 Å². The van der Waals surface area contributed by atoms with Gasteiger partial charge in [-0.25, -0.2) is 29.9 Å². The monoisotopic (exact) mass is 718 g/mol. The largest absolute Gasteiger partial charge is 0.348 e. The molecular weight excluding hydrogens is 680 g/mol. The summed E-state index contributed by atoms with van der Waals surface area (Å²) >= 11 is 5.68. The molecule has 8 aromatic rings. The van der Waals surface area contributed by atoms with Crippen molar-refractivity contribution in [3.05, 3.63) is 139 Å². The summed E-state index contributed by atoms with van der Waals surface area (Å²) in [6.07, 6.45) is 20.1. The molecule has 53 heavy (non-hydrogen) atoms. The lowest BCUT2D eigenvalue weighted by molar-refractivity contribution is 0.730. The average Bonchev–Trinajstić information content (AvgIpc) is 4.05. The zero-order valence-electron chi connectivity index (χ0n) is 29.1. The number of imidazole rings is 2. The fraction of sp³-hybridized carbons (Fsp3) is 0.190. The number of rotatable bonds is 5. The molecule has 2 atom stereocenters. The van der Waals surface area contributed by atoms with Crippen LogP contribution < -0.4 is 10.2 Å². The predicted molar refractivity (Wildman–Crippen MR) is 216 cm³/mol. The summed E-state index contributed by atoms with van der Waals surface area (Å²) in [6.45, 7) is 2.15. The van der Waals surface area contributed by atoms with E-state index < -0.39 is 0 Å². The van der Waals surface area contributed by atoms with Crippen LogP contribution in [0.5, 0.6) is 0 Å². The van der Waals surface area contributed by atoms with Crippen LogP contribution >= 0.6 is 11.6 Å². The van der Waals surface area contributed by atoms with E-state index in [0.717, 1.165) is 42.9 Å². The number of halogens is 1. The van der Waals surface area contributed by atoms with Gasteiger partial charge in [-0.05, 0) is 64.9 Å².